The van der Waals surface area contributed by atoms with Gasteiger partial charge in [0, 0.05) is 57.9 Å². The van der Waals surface area contributed by atoms with Crippen LogP contribution in [0.15, 0.2) is 54.6 Å². The van der Waals surface area contributed by atoms with Crippen LogP contribution < -0.4 is 4.74 Å². The molecule has 2 heterocycles. The van der Waals surface area contributed by atoms with Gasteiger partial charge in [0.1, 0.15) is 11.5 Å². The van der Waals surface area contributed by atoms with Gasteiger partial charge >= 0.3 is 0 Å². The maximum Gasteiger partial charge on any atom is 0.254 e. The number of carbonyl (C=O) groups is 2. The molecule has 0 atom stereocenters. The van der Waals surface area contributed by atoms with Gasteiger partial charge in [-0.25, -0.2) is 0 Å². The van der Waals surface area contributed by atoms with Gasteiger partial charge in [0.05, 0.1) is 6.54 Å². The van der Waals surface area contributed by atoms with Gasteiger partial charge in [0.2, 0.25) is 5.91 Å². The molecule has 7 nitrogen and oxygen atoms in total. The largest absolute Gasteiger partial charge is 0.457 e. The van der Waals surface area contributed by atoms with Crippen molar-refractivity contribution >= 4 is 11.8 Å². The molecule has 0 saturated carbocycles. The normalized spacial score (nSPS) is 17.4. The Morgan fingerprint density at radius 2 is 1.40 bits per heavy atom. The second-order valence-corrected chi connectivity index (χ2v) is 9.44. The molecule has 0 aromatic heterocycles. The van der Waals surface area contributed by atoms with E-state index in [-0.39, 0.29) is 11.8 Å². The zero-order chi connectivity index (χ0) is 24.5. The Labute approximate surface area is 209 Å². The monoisotopic (exact) mass is 478 g/mol. The number of hydrogen-bond donors (Lipinski definition) is 0. The van der Waals surface area contributed by atoms with Crippen LogP contribution >= 0.6 is 0 Å². The van der Waals surface area contributed by atoms with Crippen molar-refractivity contribution in [2.45, 2.75) is 26.2 Å². The molecule has 0 bridgehead atoms. The fraction of sp³-hybridized carbons (Fsp3) is 0.500. The topological polar surface area (TPSA) is 56.3 Å². The number of hydrogen-bond acceptors (Lipinski definition) is 5. The van der Waals surface area contributed by atoms with E-state index in [1.54, 1.807) is 6.07 Å². The minimum atomic E-state index is 0.00804. The predicted octanol–water partition coefficient (Wildman–Crippen LogP) is 3.57. The highest BCUT2D eigenvalue weighted by molar-refractivity contribution is 5.94. The standard InChI is InChI=1S/C28H38N4O3/c1-2-3-7-13-29-14-18-31(19-15-29)27(33)23-30-16-20-32(21-17-30)28(34)24-9-8-12-26(22-24)35-25-10-5-4-6-11-25/h4-6,8-12,22H,2-3,7,13-21,23H2,1H3. The fourth-order valence-corrected chi connectivity index (χ4v) is 4.71. The first-order valence-corrected chi connectivity index (χ1v) is 13.0. The molecule has 0 N–H and O–H groups in total. The van der Waals surface area contributed by atoms with Crippen LogP contribution in [0.5, 0.6) is 11.5 Å². The molecular formula is C28H38N4O3. The van der Waals surface area contributed by atoms with Gasteiger partial charge in [-0.1, -0.05) is 44.0 Å². The lowest BCUT2D eigenvalue weighted by Gasteiger charge is -2.38. The molecule has 0 aliphatic carbocycles. The molecule has 0 spiro atoms. The van der Waals surface area contributed by atoms with E-state index < -0.39 is 0 Å². The van der Waals surface area contributed by atoms with Gasteiger partial charge in [-0.3, -0.25) is 19.4 Å². The van der Waals surface area contributed by atoms with Crippen LogP contribution in [0.1, 0.15) is 36.5 Å². The van der Waals surface area contributed by atoms with Gasteiger partial charge in [-0.15, -0.1) is 0 Å². The number of ether oxygens (including phenoxy) is 1. The van der Waals surface area contributed by atoms with Crippen LogP contribution in [0.4, 0.5) is 0 Å². The number of rotatable bonds is 9. The SMILES string of the molecule is CCCCCN1CCN(C(=O)CN2CCN(C(=O)c3cccc(Oc4ccccc4)c3)CC2)CC1. The highest BCUT2D eigenvalue weighted by Crippen LogP contribution is 2.22. The van der Waals surface area contributed by atoms with Crippen molar-refractivity contribution in [3.63, 3.8) is 0 Å². The number of carbonyl (C=O) groups excluding carboxylic acids is 2. The molecule has 4 rings (SSSR count). The molecule has 2 aliphatic heterocycles. The van der Waals surface area contributed by atoms with Crippen molar-refractivity contribution in [3.8, 4) is 11.5 Å². The Hall–Kier alpha value is -2.90. The summed E-state index contributed by atoms with van der Waals surface area (Å²) >= 11 is 0. The maximum absolute atomic E-state index is 13.1. The minimum Gasteiger partial charge on any atom is -0.457 e. The summed E-state index contributed by atoms with van der Waals surface area (Å²) in [7, 11) is 0. The lowest BCUT2D eigenvalue weighted by molar-refractivity contribution is -0.134. The van der Waals surface area contributed by atoms with Crippen LogP contribution in [0.25, 0.3) is 0 Å². The summed E-state index contributed by atoms with van der Waals surface area (Å²) < 4.78 is 5.88. The lowest BCUT2D eigenvalue weighted by Crippen LogP contribution is -2.54. The molecule has 2 saturated heterocycles. The first kappa shape index (κ1) is 25.2. The number of nitrogens with zero attached hydrogens (tertiary/aromatic N) is 4. The Bertz CT molecular complexity index is 952. The van der Waals surface area contributed by atoms with Crippen molar-refractivity contribution in [2.75, 3.05) is 65.4 Å². The van der Waals surface area contributed by atoms with E-state index in [1.807, 2.05) is 58.3 Å². The molecule has 188 valence electrons. The van der Waals surface area contributed by atoms with E-state index in [0.717, 1.165) is 38.5 Å². The number of benzene rings is 2. The van der Waals surface area contributed by atoms with Crippen LogP contribution in [0, 0.1) is 0 Å². The Morgan fingerprint density at radius 3 is 2.11 bits per heavy atom. The van der Waals surface area contributed by atoms with Crippen molar-refractivity contribution in [1.82, 2.24) is 19.6 Å². The molecule has 2 aromatic carbocycles. The zero-order valence-corrected chi connectivity index (χ0v) is 20.9. The number of amides is 2. The van der Waals surface area contributed by atoms with Crippen molar-refractivity contribution in [1.29, 1.82) is 0 Å². The molecule has 35 heavy (non-hydrogen) atoms. The summed E-state index contributed by atoms with van der Waals surface area (Å²) in [6, 6.07) is 16.9. The molecule has 2 aliphatic rings. The van der Waals surface area contributed by atoms with Gasteiger partial charge in [-0.2, -0.15) is 0 Å². The smallest absolute Gasteiger partial charge is 0.254 e. The van der Waals surface area contributed by atoms with Crippen LogP contribution in [0.3, 0.4) is 0 Å². The molecule has 2 fully saturated rings. The van der Waals surface area contributed by atoms with E-state index in [1.165, 1.54) is 19.3 Å². The fourth-order valence-electron chi connectivity index (χ4n) is 4.71. The van der Waals surface area contributed by atoms with E-state index in [2.05, 4.69) is 16.7 Å². The predicted molar refractivity (Wildman–Crippen MR) is 138 cm³/mol. The van der Waals surface area contributed by atoms with Gasteiger partial charge in [-0.05, 0) is 43.3 Å². The first-order valence-electron chi connectivity index (χ1n) is 13.0. The molecule has 7 heteroatoms. The third-order valence-corrected chi connectivity index (χ3v) is 6.88. The van der Waals surface area contributed by atoms with E-state index in [4.69, 9.17) is 4.74 Å². The number of unbranched alkanes of at least 4 members (excludes halogenated alkanes) is 2. The summed E-state index contributed by atoms with van der Waals surface area (Å²) in [5.74, 6) is 1.61. The second-order valence-electron chi connectivity index (χ2n) is 9.44. The molecule has 2 amide bonds. The van der Waals surface area contributed by atoms with Crippen LogP contribution in [0.2, 0.25) is 0 Å². The van der Waals surface area contributed by atoms with E-state index >= 15 is 0 Å². The highest BCUT2D eigenvalue weighted by Gasteiger charge is 2.26. The minimum absolute atomic E-state index is 0.00804. The molecule has 0 radical (unpaired) electrons. The average Bonchev–Trinajstić information content (AvgIpc) is 2.90. The molecule has 2 aromatic rings. The van der Waals surface area contributed by atoms with Gasteiger partial charge in [0.25, 0.3) is 5.91 Å². The van der Waals surface area contributed by atoms with E-state index in [0.29, 0.717) is 44.0 Å². The van der Waals surface area contributed by atoms with Crippen molar-refractivity contribution in [3.05, 3.63) is 60.2 Å². The summed E-state index contributed by atoms with van der Waals surface area (Å²) in [4.78, 5) is 34.4. The summed E-state index contributed by atoms with van der Waals surface area (Å²) in [6.45, 7) is 10.1. The second kappa shape index (κ2) is 12.7. The quantitative estimate of drug-likeness (QED) is 0.516. The number of piperazine rings is 2. The zero-order valence-electron chi connectivity index (χ0n) is 20.9. The van der Waals surface area contributed by atoms with Crippen molar-refractivity contribution < 1.29 is 14.3 Å². The summed E-state index contributed by atoms with van der Waals surface area (Å²) in [6.07, 6.45) is 3.77. The first-order chi connectivity index (χ1) is 17.1. The maximum atomic E-state index is 13.1. The highest BCUT2D eigenvalue weighted by atomic mass is 16.5. The third kappa shape index (κ3) is 7.29. The summed E-state index contributed by atoms with van der Waals surface area (Å²) in [5, 5.41) is 0. The van der Waals surface area contributed by atoms with Gasteiger partial charge in [0.15, 0.2) is 0 Å². The molecular weight excluding hydrogens is 440 g/mol. The average molecular weight is 479 g/mol. The lowest BCUT2D eigenvalue weighted by atomic mass is 10.1. The molecule has 0 unspecified atom stereocenters. The summed E-state index contributed by atoms with van der Waals surface area (Å²) in [5.41, 5.74) is 0.625. The Balaban J connectivity index is 1.21. The third-order valence-electron chi connectivity index (χ3n) is 6.88. The Kier molecular flexibility index (Phi) is 9.15. The van der Waals surface area contributed by atoms with E-state index in [9.17, 15) is 9.59 Å². The van der Waals surface area contributed by atoms with Gasteiger partial charge < -0.3 is 14.5 Å². The van der Waals surface area contributed by atoms with Crippen LogP contribution in [-0.2, 0) is 4.79 Å². The number of para-hydroxylation sites is 1. The van der Waals surface area contributed by atoms with Crippen LogP contribution in [-0.4, -0.2) is 96.9 Å². The van der Waals surface area contributed by atoms with Crippen molar-refractivity contribution in [2.24, 2.45) is 0 Å². The Morgan fingerprint density at radius 1 is 0.743 bits per heavy atom.